The van der Waals surface area contributed by atoms with Crippen LogP contribution in [0, 0.1) is 11.8 Å². The minimum absolute atomic E-state index is 0.0626. The fourth-order valence-electron chi connectivity index (χ4n) is 4.75. The average molecular weight is 563 g/mol. The highest BCUT2D eigenvalue weighted by atomic mass is 35.5. The van der Waals surface area contributed by atoms with Crippen LogP contribution in [0.2, 0.25) is 5.02 Å². The van der Waals surface area contributed by atoms with E-state index in [0.29, 0.717) is 17.7 Å². The number of amides is 3. The Bertz CT molecular complexity index is 1500. The van der Waals surface area contributed by atoms with Crippen molar-refractivity contribution in [2.24, 2.45) is 11.8 Å². The first kappa shape index (κ1) is 26.5. The van der Waals surface area contributed by atoms with E-state index in [1.165, 1.54) is 47.7 Å². The number of imide groups is 1. The van der Waals surface area contributed by atoms with Crippen LogP contribution in [0.25, 0.3) is 0 Å². The molecule has 0 radical (unpaired) electrons. The van der Waals surface area contributed by atoms with Crippen LogP contribution in [-0.2, 0) is 9.59 Å². The highest BCUT2D eigenvalue weighted by molar-refractivity contribution is 7.12. The minimum Gasteiger partial charge on any atom is -0.422 e. The smallest absolute Gasteiger partial charge is 0.353 e. The first-order valence-electron chi connectivity index (χ1n) is 12.2. The summed E-state index contributed by atoms with van der Waals surface area (Å²) in [5.74, 6) is -3.73. The lowest BCUT2D eigenvalue weighted by atomic mass is 9.82. The number of fused-ring (bicyclic) bond motifs is 1. The zero-order chi connectivity index (χ0) is 27.7. The van der Waals surface area contributed by atoms with Gasteiger partial charge in [0.05, 0.1) is 22.4 Å². The van der Waals surface area contributed by atoms with E-state index in [1.54, 1.807) is 29.6 Å². The zero-order valence-electron chi connectivity index (χ0n) is 20.8. The van der Waals surface area contributed by atoms with Crippen molar-refractivity contribution in [1.29, 1.82) is 0 Å². The van der Waals surface area contributed by atoms with Gasteiger partial charge in [-0.1, -0.05) is 41.4 Å². The number of nitrogens with zero attached hydrogens (tertiary/aromatic N) is 2. The second-order valence-electron chi connectivity index (χ2n) is 9.35. The summed E-state index contributed by atoms with van der Waals surface area (Å²) in [5.41, 5.74) is 1.27. The summed E-state index contributed by atoms with van der Waals surface area (Å²) in [6, 6.07) is 15.5. The number of ether oxygens (including phenoxy) is 1. The molecule has 2 aliphatic rings. The Kier molecular flexibility index (Phi) is 7.45. The van der Waals surface area contributed by atoms with Crippen molar-refractivity contribution in [3.8, 4) is 5.75 Å². The Morgan fingerprint density at radius 2 is 1.72 bits per heavy atom. The number of ketones is 1. The Hall–Kier alpha value is -4.08. The number of hydrogen-bond acceptors (Lipinski definition) is 7. The van der Waals surface area contributed by atoms with Gasteiger partial charge in [-0.05, 0) is 67.6 Å². The number of benzene rings is 2. The second kappa shape index (κ2) is 11.0. The molecule has 198 valence electrons. The van der Waals surface area contributed by atoms with Gasteiger partial charge in [0.15, 0.2) is 5.78 Å². The molecule has 2 atom stereocenters. The van der Waals surface area contributed by atoms with Crippen LogP contribution < -0.4 is 4.74 Å². The molecule has 0 N–H and O–H groups in total. The number of allylic oxidation sites excluding steroid dienone is 2. The largest absolute Gasteiger partial charge is 0.422 e. The number of halogens is 1. The van der Waals surface area contributed by atoms with Crippen molar-refractivity contribution in [3.63, 3.8) is 0 Å². The molecule has 0 unspecified atom stereocenters. The van der Waals surface area contributed by atoms with Gasteiger partial charge in [-0.3, -0.25) is 19.2 Å². The quantitative estimate of drug-likeness (QED) is 0.129. The van der Waals surface area contributed by atoms with Crippen LogP contribution in [0.4, 0.5) is 0 Å². The predicted molar refractivity (Wildman–Crippen MR) is 144 cm³/mol. The third-order valence-corrected chi connectivity index (χ3v) is 7.96. The van der Waals surface area contributed by atoms with Crippen LogP contribution in [0.1, 0.15) is 50.2 Å². The van der Waals surface area contributed by atoms with Crippen molar-refractivity contribution in [2.45, 2.75) is 19.8 Å². The molecule has 1 fully saturated rings. The van der Waals surface area contributed by atoms with Gasteiger partial charge in [-0.2, -0.15) is 5.01 Å². The maximum atomic E-state index is 13.6. The fraction of sp³-hybridized carbons (Fsp3) is 0.207. The molecule has 3 amide bonds. The van der Waals surface area contributed by atoms with Gasteiger partial charge >= 0.3 is 5.97 Å². The number of thiophene rings is 1. The molecule has 0 saturated carbocycles. The van der Waals surface area contributed by atoms with Gasteiger partial charge in [0.1, 0.15) is 17.2 Å². The molecule has 2 heterocycles. The normalized spacial score (nSPS) is 18.4. The van der Waals surface area contributed by atoms with Crippen LogP contribution >= 0.6 is 22.9 Å². The van der Waals surface area contributed by atoms with Crippen LogP contribution in [0.5, 0.6) is 5.75 Å². The predicted octanol–water partition coefficient (Wildman–Crippen LogP) is 5.20. The lowest BCUT2D eigenvalue weighted by molar-refractivity contribution is -0.154. The molecule has 2 aromatic carbocycles. The Balaban J connectivity index is 1.40. The molecule has 0 bridgehead atoms. The Morgan fingerprint density at radius 1 is 1.00 bits per heavy atom. The maximum absolute atomic E-state index is 13.6. The number of hydrogen-bond donors (Lipinski definition) is 0. The van der Waals surface area contributed by atoms with E-state index in [4.69, 9.17) is 16.3 Å². The van der Waals surface area contributed by atoms with E-state index in [2.05, 4.69) is 0 Å². The minimum atomic E-state index is -0.736. The van der Waals surface area contributed by atoms with Crippen LogP contribution in [0.3, 0.4) is 0 Å². The molecule has 5 rings (SSSR count). The second-order valence-corrected chi connectivity index (χ2v) is 10.7. The summed E-state index contributed by atoms with van der Waals surface area (Å²) in [4.78, 5) is 66.4. The van der Waals surface area contributed by atoms with Gasteiger partial charge in [-0.25, -0.2) is 9.80 Å². The molecular weight excluding hydrogens is 540 g/mol. The average Bonchev–Trinajstić information content (AvgIpc) is 3.55. The van der Waals surface area contributed by atoms with E-state index >= 15 is 0 Å². The molecule has 1 aromatic heterocycles. The number of rotatable bonds is 7. The summed E-state index contributed by atoms with van der Waals surface area (Å²) in [7, 11) is 0. The number of hydrazine groups is 1. The van der Waals surface area contributed by atoms with E-state index < -0.39 is 47.9 Å². The summed E-state index contributed by atoms with van der Waals surface area (Å²) in [5, 5.41) is 3.61. The summed E-state index contributed by atoms with van der Waals surface area (Å²) in [6.07, 6.45) is 2.73. The summed E-state index contributed by atoms with van der Waals surface area (Å²) < 4.78 is 5.33. The number of Topliss-reactive ketones (excluding diaryl/α,β-unsaturated/α-hetero) is 1. The molecule has 10 heteroatoms. The van der Waals surface area contributed by atoms with Crippen molar-refractivity contribution < 1.29 is 28.7 Å². The zero-order valence-corrected chi connectivity index (χ0v) is 22.4. The highest BCUT2D eigenvalue weighted by Crippen LogP contribution is 2.39. The van der Waals surface area contributed by atoms with E-state index in [9.17, 15) is 24.0 Å². The molecule has 1 aliphatic carbocycles. The van der Waals surface area contributed by atoms with Crippen LogP contribution in [-0.4, -0.2) is 46.0 Å². The van der Waals surface area contributed by atoms with E-state index in [1.807, 2.05) is 13.0 Å². The number of carbonyl (C=O) groups is 5. The van der Waals surface area contributed by atoms with Crippen molar-refractivity contribution in [1.82, 2.24) is 10.0 Å². The SMILES string of the molecule is CC1=CC[C@@H]2C(=O)N(N(CC(=O)c3ccc(OC(=O)c4cccs4)cc3)C(=O)c3ccccc3Cl)C(=O)[C@@H]2C1. The molecule has 8 nitrogen and oxygen atoms in total. The van der Waals surface area contributed by atoms with E-state index in [0.717, 1.165) is 15.6 Å². The number of carbonyl (C=O) groups excluding carboxylic acids is 5. The van der Waals surface area contributed by atoms with Crippen molar-refractivity contribution in [2.75, 3.05) is 6.54 Å². The van der Waals surface area contributed by atoms with Crippen LogP contribution in [0.15, 0.2) is 77.7 Å². The first-order chi connectivity index (χ1) is 18.7. The van der Waals surface area contributed by atoms with Crippen molar-refractivity contribution >= 4 is 52.4 Å². The lowest BCUT2D eigenvalue weighted by Gasteiger charge is -2.30. The lowest BCUT2D eigenvalue weighted by Crippen LogP contribution is -2.52. The fourth-order valence-corrected chi connectivity index (χ4v) is 5.57. The molecule has 39 heavy (non-hydrogen) atoms. The van der Waals surface area contributed by atoms with E-state index in [-0.39, 0.29) is 21.9 Å². The summed E-state index contributed by atoms with van der Waals surface area (Å²) in [6.45, 7) is 1.33. The van der Waals surface area contributed by atoms with Crippen molar-refractivity contribution in [3.05, 3.63) is 98.7 Å². The molecule has 1 aliphatic heterocycles. The first-order valence-corrected chi connectivity index (χ1v) is 13.5. The maximum Gasteiger partial charge on any atom is 0.353 e. The molecule has 0 spiro atoms. The van der Waals surface area contributed by atoms with Gasteiger partial charge in [0.2, 0.25) is 0 Å². The monoisotopic (exact) mass is 562 g/mol. The molecule has 3 aromatic rings. The third kappa shape index (κ3) is 5.28. The molecule has 1 saturated heterocycles. The highest BCUT2D eigenvalue weighted by Gasteiger charge is 2.51. The number of esters is 1. The summed E-state index contributed by atoms with van der Waals surface area (Å²) >= 11 is 7.51. The topological polar surface area (TPSA) is 101 Å². The Labute approximate surface area is 233 Å². The van der Waals surface area contributed by atoms with Gasteiger partial charge in [-0.15, -0.1) is 11.3 Å². The third-order valence-electron chi connectivity index (χ3n) is 6.78. The van der Waals surface area contributed by atoms with Gasteiger partial charge in [0, 0.05) is 5.56 Å². The standard InChI is InChI=1S/C29H23ClN2O6S/c1-17-8-13-20-22(15-17)28(36)32(27(20)35)31(26(34)21-5-2-3-6-23(21)30)16-24(33)18-9-11-19(12-10-18)38-29(37)25-7-4-14-39-25/h2-12,14,20,22H,13,15-16H2,1H3/t20-,22+/m0/s1. The molecular formula is C29H23ClN2O6S. The Morgan fingerprint density at radius 3 is 2.41 bits per heavy atom. The van der Waals surface area contributed by atoms with Gasteiger partial charge < -0.3 is 4.74 Å². The van der Waals surface area contributed by atoms with Gasteiger partial charge in [0.25, 0.3) is 17.7 Å².